The molecule has 38 heavy (non-hydrogen) atoms. The molecule has 5 rings (SSSR count). The molecule has 3 aromatic rings. The van der Waals surface area contributed by atoms with Crippen molar-refractivity contribution in [1.29, 1.82) is 0 Å². The topological polar surface area (TPSA) is 94.7 Å². The fourth-order valence-corrected chi connectivity index (χ4v) is 4.95. The number of benzene rings is 2. The molecule has 13 heteroatoms. The fourth-order valence-electron chi connectivity index (χ4n) is 4.95. The van der Waals surface area contributed by atoms with Crippen molar-refractivity contribution in [2.24, 2.45) is 0 Å². The monoisotopic (exact) mass is 534 g/mol. The lowest BCUT2D eigenvalue weighted by molar-refractivity contribution is -0.137. The Kier molecular flexibility index (Phi) is 7.19. The number of nitrogens with zero attached hydrogens (tertiary/aromatic N) is 5. The van der Waals surface area contributed by atoms with Crippen LogP contribution in [0, 0.1) is 5.82 Å². The van der Waals surface area contributed by atoms with Crippen LogP contribution in [0.5, 0.6) is 0 Å². The number of carbonyl (C=O) groups excluding carboxylic acids is 2. The van der Waals surface area contributed by atoms with Crippen LogP contribution in [0.25, 0.3) is 11.0 Å². The highest BCUT2D eigenvalue weighted by Gasteiger charge is 2.33. The van der Waals surface area contributed by atoms with Gasteiger partial charge in [0.15, 0.2) is 0 Å². The molecular formula is C25H26F4N6O3. The van der Waals surface area contributed by atoms with Crippen LogP contribution in [0.4, 0.5) is 22.4 Å². The summed E-state index contributed by atoms with van der Waals surface area (Å²) in [5, 5.41) is 10.6. The highest BCUT2D eigenvalue weighted by Crippen LogP contribution is 2.30. The molecule has 2 amide bonds. The summed E-state index contributed by atoms with van der Waals surface area (Å²) < 4.78 is 57.7. The second-order valence-corrected chi connectivity index (χ2v) is 9.43. The number of aromatic nitrogens is 3. The maximum absolute atomic E-state index is 13.9. The molecule has 3 heterocycles. The number of carbonyl (C=O) groups is 2. The molecule has 202 valence electrons. The molecule has 2 aromatic carbocycles. The van der Waals surface area contributed by atoms with E-state index >= 15 is 0 Å². The number of ether oxygens (including phenoxy) is 1. The van der Waals surface area contributed by atoms with Gasteiger partial charge in [-0.1, -0.05) is 0 Å². The van der Waals surface area contributed by atoms with Crippen LogP contribution in [-0.2, 0) is 17.5 Å². The summed E-state index contributed by atoms with van der Waals surface area (Å²) in [6.07, 6.45) is -3.90. The zero-order valence-electron chi connectivity index (χ0n) is 20.4. The number of nitrogens with one attached hydrogen (secondary N) is 1. The van der Waals surface area contributed by atoms with Gasteiger partial charge in [0.25, 0.3) is 5.91 Å². The van der Waals surface area contributed by atoms with Gasteiger partial charge in [-0.15, -0.1) is 0 Å². The molecule has 1 N–H and O–H groups in total. The number of amides is 2. The zero-order valence-corrected chi connectivity index (χ0v) is 20.4. The van der Waals surface area contributed by atoms with Crippen LogP contribution in [-0.4, -0.2) is 87.4 Å². The van der Waals surface area contributed by atoms with Gasteiger partial charge in [0, 0.05) is 56.4 Å². The maximum Gasteiger partial charge on any atom is 0.416 e. The van der Waals surface area contributed by atoms with E-state index in [-0.39, 0.29) is 17.5 Å². The molecule has 9 nitrogen and oxygen atoms in total. The van der Waals surface area contributed by atoms with Gasteiger partial charge in [-0.25, -0.2) is 9.18 Å². The quantitative estimate of drug-likeness (QED) is 0.514. The molecule has 0 atom stereocenters. The number of hydrogen-bond acceptors (Lipinski definition) is 6. The summed E-state index contributed by atoms with van der Waals surface area (Å²) in [5.74, 6) is -0.912. The third kappa shape index (κ3) is 5.57. The minimum absolute atomic E-state index is 0.0516. The van der Waals surface area contributed by atoms with Crippen LogP contribution >= 0.6 is 0 Å². The smallest absolute Gasteiger partial charge is 0.416 e. The Morgan fingerprint density at radius 3 is 2.34 bits per heavy atom. The predicted molar refractivity (Wildman–Crippen MR) is 128 cm³/mol. The molecule has 2 saturated heterocycles. The second-order valence-electron chi connectivity index (χ2n) is 9.43. The first-order chi connectivity index (χ1) is 18.2. The van der Waals surface area contributed by atoms with Gasteiger partial charge in [0.2, 0.25) is 0 Å². The van der Waals surface area contributed by atoms with Crippen molar-refractivity contribution in [3.63, 3.8) is 0 Å². The van der Waals surface area contributed by atoms with Gasteiger partial charge in [0.1, 0.15) is 23.5 Å². The van der Waals surface area contributed by atoms with Crippen molar-refractivity contribution in [3.05, 3.63) is 58.9 Å². The molecular weight excluding hydrogens is 508 g/mol. The molecule has 0 aliphatic carbocycles. The minimum Gasteiger partial charge on any atom is -0.444 e. The number of hydrogen-bond donors (Lipinski definition) is 1. The third-order valence-electron chi connectivity index (χ3n) is 7.13. The lowest BCUT2D eigenvalue weighted by Crippen LogP contribution is -2.54. The Labute approximate surface area is 215 Å². The lowest BCUT2D eigenvalue weighted by atomic mass is 10.0. The van der Waals surface area contributed by atoms with Crippen molar-refractivity contribution in [2.75, 3.05) is 39.3 Å². The number of likely N-dealkylation sites (tertiary alicyclic amines) is 1. The van der Waals surface area contributed by atoms with E-state index in [1.54, 1.807) is 18.2 Å². The average Bonchev–Trinajstić information content (AvgIpc) is 3.40. The van der Waals surface area contributed by atoms with Crippen LogP contribution in [0.15, 0.2) is 36.4 Å². The highest BCUT2D eigenvalue weighted by atomic mass is 19.4. The summed E-state index contributed by atoms with van der Waals surface area (Å²) >= 11 is 0. The molecule has 0 saturated carbocycles. The Bertz CT molecular complexity index is 1310. The van der Waals surface area contributed by atoms with E-state index in [1.165, 1.54) is 4.90 Å². The van der Waals surface area contributed by atoms with Crippen LogP contribution in [0.2, 0.25) is 0 Å². The molecule has 2 aliphatic rings. The SMILES string of the molecule is O=C(OCc1cc(C(F)(F)F)ccc1F)N1CCC(N2CCN(C(=O)c3ccc4n[nH]nc4c3)CC2)CC1. The van der Waals surface area contributed by atoms with Crippen molar-refractivity contribution in [1.82, 2.24) is 30.1 Å². The number of H-pyrrole nitrogens is 1. The number of piperidine rings is 1. The Hall–Kier alpha value is -3.74. The Balaban J connectivity index is 1.08. The molecule has 2 fully saturated rings. The first kappa shape index (κ1) is 25.9. The van der Waals surface area contributed by atoms with E-state index in [9.17, 15) is 27.2 Å². The molecule has 1 aromatic heterocycles. The van der Waals surface area contributed by atoms with E-state index in [0.29, 0.717) is 80.8 Å². The van der Waals surface area contributed by atoms with Crippen LogP contribution in [0.1, 0.15) is 34.3 Å². The fraction of sp³-hybridized carbons (Fsp3) is 0.440. The van der Waals surface area contributed by atoms with Crippen LogP contribution < -0.4 is 0 Å². The van der Waals surface area contributed by atoms with Gasteiger partial charge in [-0.2, -0.15) is 28.6 Å². The molecule has 0 radical (unpaired) electrons. The maximum atomic E-state index is 13.9. The van der Waals surface area contributed by atoms with E-state index in [1.807, 2.05) is 4.90 Å². The minimum atomic E-state index is -4.61. The van der Waals surface area contributed by atoms with E-state index < -0.39 is 30.3 Å². The van der Waals surface area contributed by atoms with Gasteiger partial charge in [-0.05, 0) is 49.2 Å². The normalized spacial score (nSPS) is 17.7. The molecule has 0 bridgehead atoms. The average molecular weight is 535 g/mol. The van der Waals surface area contributed by atoms with E-state index in [4.69, 9.17) is 4.74 Å². The first-order valence-corrected chi connectivity index (χ1v) is 12.3. The first-order valence-electron chi connectivity index (χ1n) is 12.3. The summed E-state index contributed by atoms with van der Waals surface area (Å²) in [6.45, 7) is 2.86. The van der Waals surface area contributed by atoms with Crippen molar-refractivity contribution in [2.45, 2.75) is 31.7 Å². The standard InChI is InChI=1S/C25H26F4N6O3/c26-20-3-2-18(25(27,28)29)13-17(20)15-38-24(37)35-7-5-19(6-8-35)33-9-11-34(12-10-33)23(36)16-1-4-21-22(14-16)31-32-30-21/h1-4,13-14,19H,5-12,15H2,(H,30,31,32). The van der Waals surface area contributed by atoms with E-state index in [0.717, 1.165) is 6.07 Å². The predicted octanol–water partition coefficient (Wildman–Crippen LogP) is 3.67. The Morgan fingerprint density at radius 1 is 0.921 bits per heavy atom. The third-order valence-corrected chi connectivity index (χ3v) is 7.13. The van der Waals surface area contributed by atoms with Gasteiger partial charge < -0.3 is 14.5 Å². The van der Waals surface area contributed by atoms with Crippen molar-refractivity contribution < 1.29 is 31.9 Å². The Morgan fingerprint density at radius 2 is 1.63 bits per heavy atom. The summed E-state index contributed by atoms with van der Waals surface area (Å²) in [4.78, 5) is 31.0. The van der Waals surface area contributed by atoms with Gasteiger partial charge >= 0.3 is 12.3 Å². The number of alkyl halides is 3. The number of aromatic amines is 1. The van der Waals surface area contributed by atoms with Crippen molar-refractivity contribution >= 4 is 23.0 Å². The summed E-state index contributed by atoms with van der Waals surface area (Å²) in [6, 6.07) is 7.50. The second kappa shape index (κ2) is 10.6. The highest BCUT2D eigenvalue weighted by molar-refractivity contribution is 5.97. The number of halogens is 4. The van der Waals surface area contributed by atoms with Crippen molar-refractivity contribution in [3.8, 4) is 0 Å². The molecule has 2 aliphatic heterocycles. The molecule has 0 unspecified atom stereocenters. The summed E-state index contributed by atoms with van der Waals surface area (Å²) in [5.41, 5.74) is 0.584. The van der Waals surface area contributed by atoms with Gasteiger partial charge in [0.05, 0.1) is 5.56 Å². The number of rotatable bonds is 4. The number of fused-ring (bicyclic) bond motifs is 1. The van der Waals surface area contributed by atoms with Crippen LogP contribution in [0.3, 0.4) is 0 Å². The largest absolute Gasteiger partial charge is 0.444 e. The van der Waals surface area contributed by atoms with E-state index in [2.05, 4.69) is 20.3 Å². The molecule has 0 spiro atoms. The number of piperazine rings is 1. The lowest BCUT2D eigenvalue weighted by Gasteiger charge is -2.42. The van der Waals surface area contributed by atoms with Gasteiger partial charge in [-0.3, -0.25) is 9.69 Å². The summed E-state index contributed by atoms with van der Waals surface area (Å²) in [7, 11) is 0. The zero-order chi connectivity index (χ0) is 26.9.